The van der Waals surface area contributed by atoms with Crippen LogP contribution in [-0.4, -0.2) is 4.98 Å². The van der Waals surface area contributed by atoms with E-state index in [-0.39, 0.29) is 11.6 Å². The molecule has 0 bridgehead atoms. The zero-order chi connectivity index (χ0) is 10.8. The first-order chi connectivity index (χ1) is 6.45. The largest absolute Gasteiger partial charge is 0.416 e. The van der Waals surface area contributed by atoms with E-state index in [4.69, 9.17) is 5.26 Å². The Labute approximate surface area is 76.8 Å². The Morgan fingerprint density at radius 1 is 1.43 bits per heavy atom. The van der Waals surface area contributed by atoms with Gasteiger partial charge in [0.05, 0.1) is 18.1 Å². The highest BCUT2D eigenvalue weighted by Crippen LogP contribution is 2.31. The van der Waals surface area contributed by atoms with Gasteiger partial charge in [0.25, 0.3) is 0 Å². The third-order valence-corrected chi connectivity index (χ3v) is 1.53. The van der Waals surface area contributed by atoms with Crippen molar-refractivity contribution < 1.29 is 17.6 Å². The van der Waals surface area contributed by atoms with Gasteiger partial charge in [-0.15, -0.1) is 0 Å². The van der Waals surface area contributed by atoms with Crippen LogP contribution in [0.15, 0.2) is 12.3 Å². The van der Waals surface area contributed by atoms with Gasteiger partial charge in [0.1, 0.15) is 0 Å². The minimum atomic E-state index is -4.66. The molecule has 0 aliphatic carbocycles. The Hall–Kier alpha value is -1.64. The first-order valence-electron chi connectivity index (χ1n) is 3.53. The maximum atomic E-state index is 12.4. The monoisotopic (exact) mass is 204 g/mol. The van der Waals surface area contributed by atoms with Crippen molar-refractivity contribution in [3.63, 3.8) is 0 Å². The lowest BCUT2D eigenvalue weighted by Crippen LogP contribution is -2.10. The van der Waals surface area contributed by atoms with E-state index in [1.807, 2.05) is 0 Å². The number of rotatable bonds is 1. The quantitative estimate of drug-likeness (QED) is 0.519. The fourth-order valence-corrected chi connectivity index (χ4v) is 0.948. The molecule has 0 atom stereocenters. The number of pyridine rings is 1. The summed E-state index contributed by atoms with van der Waals surface area (Å²) in [6.07, 6.45) is -4.38. The Bertz CT molecular complexity index is 378. The highest BCUT2D eigenvalue weighted by Gasteiger charge is 2.33. The van der Waals surface area contributed by atoms with Crippen LogP contribution in [0.4, 0.5) is 17.6 Å². The van der Waals surface area contributed by atoms with E-state index in [9.17, 15) is 17.6 Å². The summed E-state index contributed by atoms with van der Waals surface area (Å²) in [4.78, 5) is 3.05. The molecule has 0 aromatic carbocycles. The molecule has 0 saturated heterocycles. The Morgan fingerprint density at radius 3 is 2.57 bits per heavy atom. The summed E-state index contributed by atoms with van der Waals surface area (Å²) < 4.78 is 49.2. The molecule has 0 spiro atoms. The molecular weight excluding hydrogens is 200 g/mol. The van der Waals surface area contributed by atoms with Gasteiger partial charge in [0.2, 0.25) is 5.95 Å². The van der Waals surface area contributed by atoms with E-state index in [2.05, 4.69) is 4.98 Å². The number of aromatic nitrogens is 1. The smallest absolute Gasteiger partial charge is 0.228 e. The molecule has 0 unspecified atom stereocenters. The molecule has 0 N–H and O–H groups in total. The van der Waals surface area contributed by atoms with Crippen LogP contribution in [-0.2, 0) is 12.6 Å². The number of halogens is 4. The predicted octanol–water partition coefficient (Wildman–Crippen LogP) is 2.31. The molecule has 1 aromatic rings. The van der Waals surface area contributed by atoms with E-state index in [1.54, 1.807) is 6.07 Å². The lowest BCUT2D eigenvalue weighted by molar-refractivity contribution is -0.138. The van der Waals surface area contributed by atoms with E-state index in [0.29, 0.717) is 0 Å². The number of hydrogen-bond acceptors (Lipinski definition) is 2. The van der Waals surface area contributed by atoms with Crippen molar-refractivity contribution in [3.05, 3.63) is 29.3 Å². The van der Waals surface area contributed by atoms with Crippen LogP contribution in [0.2, 0.25) is 0 Å². The van der Waals surface area contributed by atoms with Crippen molar-refractivity contribution in [1.82, 2.24) is 4.98 Å². The number of alkyl halides is 3. The first-order valence-corrected chi connectivity index (χ1v) is 3.53. The van der Waals surface area contributed by atoms with Gasteiger partial charge < -0.3 is 0 Å². The molecule has 14 heavy (non-hydrogen) atoms. The molecule has 0 radical (unpaired) electrons. The summed E-state index contributed by atoms with van der Waals surface area (Å²) in [5.41, 5.74) is -1.46. The second-order valence-electron chi connectivity index (χ2n) is 2.50. The third kappa shape index (κ3) is 2.19. The third-order valence-electron chi connectivity index (χ3n) is 1.53. The predicted molar refractivity (Wildman–Crippen MR) is 38.5 cm³/mol. The Morgan fingerprint density at radius 2 is 2.07 bits per heavy atom. The molecule has 0 aliphatic rings. The maximum absolute atomic E-state index is 12.4. The molecule has 74 valence electrons. The number of hydrogen-bond donors (Lipinski definition) is 0. The Balaban J connectivity index is 3.24. The molecule has 0 saturated carbocycles. The molecule has 2 nitrogen and oxygen atoms in total. The molecular formula is C8H4F4N2. The molecule has 0 fully saturated rings. The minimum Gasteiger partial charge on any atom is -0.228 e. The van der Waals surface area contributed by atoms with Gasteiger partial charge in [-0.1, -0.05) is 0 Å². The second-order valence-corrected chi connectivity index (χ2v) is 2.50. The van der Waals surface area contributed by atoms with Gasteiger partial charge in [0.15, 0.2) is 0 Å². The number of nitriles is 1. The van der Waals surface area contributed by atoms with Crippen molar-refractivity contribution in [2.75, 3.05) is 0 Å². The fraction of sp³-hybridized carbons (Fsp3) is 0.250. The molecule has 0 amide bonds. The van der Waals surface area contributed by atoms with Crippen LogP contribution in [0.5, 0.6) is 0 Å². The fourth-order valence-electron chi connectivity index (χ4n) is 0.948. The van der Waals surface area contributed by atoms with Crippen molar-refractivity contribution in [2.45, 2.75) is 12.6 Å². The summed E-state index contributed by atoms with van der Waals surface area (Å²) in [6.45, 7) is 0. The molecule has 1 aromatic heterocycles. The summed E-state index contributed by atoms with van der Waals surface area (Å²) in [5.74, 6) is -1.21. The van der Waals surface area contributed by atoms with E-state index < -0.39 is 24.1 Å². The maximum Gasteiger partial charge on any atom is 0.416 e. The van der Waals surface area contributed by atoms with Crippen molar-refractivity contribution in [1.29, 1.82) is 5.26 Å². The lowest BCUT2D eigenvalue weighted by atomic mass is 10.1. The van der Waals surface area contributed by atoms with Gasteiger partial charge in [-0.3, -0.25) is 0 Å². The second kappa shape index (κ2) is 3.62. The molecule has 6 heteroatoms. The average Bonchev–Trinajstić information content (AvgIpc) is 2.07. The molecule has 1 heterocycles. The SMILES string of the molecule is N#CCc1cnc(F)cc1C(F)(F)F. The van der Waals surface area contributed by atoms with Crippen LogP contribution >= 0.6 is 0 Å². The first kappa shape index (κ1) is 10.4. The van der Waals surface area contributed by atoms with Crippen molar-refractivity contribution >= 4 is 0 Å². The van der Waals surface area contributed by atoms with E-state index in [0.717, 1.165) is 6.20 Å². The summed E-state index contributed by atoms with van der Waals surface area (Å²) in [5, 5.41) is 8.24. The van der Waals surface area contributed by atoms with E-state index >= 15 is 0 Å². The van der Waals surface area contributed by atoms with Crippen molar-refractivity contribution in [2.24, 2.45) is 0 Å². The van der Waals surface area contributed by atoms with Crippen LogP contribution in [0, 0.1) is 17.3 Å². The zero-order valence-corrected chi connectivity index (χ0v) is 6.77. The summed E-state index contributed by atoms with van der Waals surface area (Å²) in [7, 11) is 0. The van der Waals surface area contributed by atoms with Gasteiger partial charge in [-0.25, -0.2) is 4.98 Å². The average molecular weight is 204 g/mol. The summed E-state index contributed by atoms with van der Waals surface area (Å²) in [6, 6.07) is 1.84. The molecule has 0 aliphatic heterocycles. The minimum absolute atomic E-state index is 0.284. The summed E-state index contributed by atoms with van der Waals surface area (Å²) >= 11 is 0. The van der Waals surface area contributed by atoms with Crippen molar-refractivity contribution in [3.8, 4) is 6.07 Å². The normalized spacial score (nSPS) is 11.1. The van der Waals surface area contributed by atoms with Gasteiger partial charge in [0, 0.05) is 12.3 Å². The standard InChI is InChI=1S/C8H4F4N2/c9-7-3-6(8(10,11)12)5(1-2-13)4-14-7/h3-4H,1H2. The van der Waals surface area contributed by atoms with E-state index in [1.165, 1.54) is 0 Å². The number of nitrogens with zero attached hydrogens (tertiary/aromatic N) is 2. The van der Waals surface area contributed by atoms with Crippen LogP contribution in [0.25, 0.3) is 0 Å². The van der Waals surface area contributed by atoms with Crippen LogP contribution in [0.1, 0.15) is 11.1 Å². The van der Waals surface area contributed by atoms with Gasteiger partial charge in [-0.05, 0) is 5.56 Å². The van der Waals surface area contributed by atoms with Crippen LogP contribution in [0.3, 0.4) is 0 Å². The van der Waals surface area contributed by atoms with Gasteiger partial charge >= 0.3 is 6.18 Å². The lowest BCUT2D eigenvalue weighted by Gasteiger charge is -2.09. The highest BCUT2D eigenvalue weighted by atomic mass is 19.4. The topological polar surface area (TPSA) is 36.7 Å². The molecule has 1 rings (SSSR count). The Kier molecular flexibility index (Phi) is 2.70. The van der Waals surface area contributed by atoms with Crippen LogP contribution < -0.4 is 0 Å². The highest BCUT2D eigenvalue weighted by molar-refractivity contribution is 5.28. The van der Waals surface area contributed by atoms with Gasteiger partial charge in [-0.2, -0.15) is 22.8 Å². The zero-order valence-electron chi connectivity index (χ0n) is 6.77.